The predicted octanol–water partition coefficient (Wildman–Crippen LogP) is 3.81. The molecule has 1 heterocycles. The Morgan fingerprint density at radius 3 is 2.12 bits per heavy atom. The molecule has 0 saturated carbocycles. The fourth-order valence-corrected chi connectivity index (χ4v) is 3.15. The molecule has 2 aromatic rings. The van der Waals surface area contributed by atoms with Crippen molar-refractivity contribution >= 4 is 40.7 Å². The van der Waals surface area contributed by atoms with Crippen molar-refractivity contribution in [1.82, 2.24) is 10.2 Å². The van der Waals surface area contributed by atoms with Crippen molar-refractivity contribution in [2.75, 3.05) is 7.05 Å². The van der Waals surface area contributed by atoms with Crippen LogP contribution in [0, 0.1) is 11.3 Å². The molecule has 5 nitrogen and oxygen atoms in total. The summed E-state index contributed by atoms with van der Waals surface area (Å²) in [5, 5.41) is 12.0. The van der Waals surface area contributed by atoms with E-state index in [-0.39, 0.29) is 5.70 Å². The number of urea groups is 1. The van der Waals surface area contributed by atoms with Gasteiger partial charge in [-0.2, -0.15) is 5.26 Å². The summed E-state index contributed by atoms with van der Waals surface area (Å²) in [6, 6.07) is 13.1. The summed E-state index contributed by atoms with van der Waals surface area (Å²) in [5.74, 6) is -0.511. The highest BCUT2D eigenvalue weighted by Gasteiger charge is 2.33. The molecule has 3 amide bonds. The van der Waals surface area contributed by atoms with Gasteiger partial charge in [-0.15, -0.1) is 0 Å². The van der Waals surface area contributed by atoms with Crippen molar-refractivity contribution in [3.05, 3.63) is 74.9 Å². The fraction of sp³-hybridized carbons (Fsp3) is 0.0556. The molecule has 1 aliphatic rings. The zero-order valence-corrected chi connectivity index (χ0v) is 14.5. The Hall–Kier alpha value is -2.81. The summed E-state index contributed by atoms with van der Waals surface area (Å²) in [7, 11) is 1.51. The number of rotatable bonds is 2. The lowest BCUT2D eigenvalue weighted by Gasteiger charge is -2.16. The largest absolute Gasteiger partial charge is 0.328 e. The van der Waals surface area contributed by atoms with E-state index in [4.69, 9.17) is 28.5 Å². The Kier molecular flexibility index (Phi) is 4.49. The molecule has 0 aliphatic carbocycles. The second-order valence-electron chi connectivity index (χ2n) is 5.39. The van der Waals surface area contributed by atoms with Crippen LogP contribution in [0.2, 0.25) is 10.0 Å². The first-order valence-corrected chi connectivity index (χ1v) is 7.96. The van der Waals surface area contributed by atoms with Crippen LogP contribution in [0.3, 0.4) is 0 Å². The van der Waals surface area contributed by atoms with E-state index in [9.17, 15) is 9.59 Å². The molecule has 0 radical (unpaired) electrons. The number of carbonyl (C=O) groups is 2. The number of nitrogens with one attached hydrogen (secondary N) is 1. The number of halogens is 2. The van der Waals surface area contributed by atoms with Crippen molar-refractivity contribution < 1.29 is 9.59 Å². The van der Waals surface area contributed by atoms with Crippen LogP contribution in [-0.4, -0.2) is 23.9 Å². The van der Waals surface area contributed by atoms with Gasteiger partial charge in [0.15, 0.2) is 0 Å². The lowest BCUT2D eigenvalue weighted by atomic mass is 9.94. The quantitative estimate of drug-likeness (QED) is 0.644. The van der Waals surface area contributed by atoms with Gasteiger partial charge in [-0.1, -0.05) is 35.3 Å². The molecule has 0 unspecified atom stereocenters. The zero-order chi connectivity index (χ0) is 18.1. The lowest BCUT2D eigenvalue weighted by molar-refractivity contribution is -0.115. The minimum absolute atomic E-state index is 0.188. The van der Waals surface area contributed by atoms with Gasteiger partial charge in [-0.25, -0.2) is 4.79 Å². The smallest absolute Gasteiger partial charge is 0.292 e. The summed E-state index contributed by atoms with van der Waals surface area (Å²) in [5.41, 5.74) is 2.42. The lowest BCUT2D eigenvalue weighted by Crippen LogP contribution is -2.24. The average Bonchev–Trinajstić information content (AvgIpc) is 2.81. The second kappa shape index (κ2) is 6.60. The first-order chi connectivity index (χ1) is 11.9. The molecule has 1 fully saturated rings. The SMILES string of the molecule is CN1C(=O)NC(=O)/C1=C(/c1ccc(C#N)cc1)c1cc(Cl)cc(Cl)c1. The zero-order valence-electron chi connectivity index (χ0n) is 13.0. The summed E-state index contributed by atoms with van der Waals surface area (Å²) < 4.78 is 0. The standard InChI is InChI=1S/C18H11Cl2N3O2/c1-23-16(17(24)22-18(23)25)15(11-4-2-10(9-21)3-5-11)12-6-13(19)8-14(20)7-12/h2-8H,1H3,(H,22,24,25)/b16-15+. The summed E-state index contributed by atoms with van der Waals surface area (Å²) in [6.07, 6.45) is 0. The monoisotopic (exact) mass is 371 g/mol. The maximum Gasteiger partial charge on any atom is 0.328 e. The third-order valence-corrected chi connectivity index (χ3v) is 4.20. The van der Waals surface area contributed by atoms with E-state index in [1.54, 1.807) is 42.5 Å². The summed E-state index contributed by atoms with van der Waals surface area (Å²) in [6.45, 7) is 0. The molecule has 3 rings (SSSR count). The van der Waals surface area contributed by atoms with E-state index < -0.39 is 11.9 Å². The van der Waals surface area contributed by atoms with Crippen LogP contribution in [0.5, 0.6) is 0 Å². The van der Waals surface area contributed by atoms with E-state index in [0.29, 0.717) is 32.3 Å². The Morgan fingerprint density at radius 1 is 1.04 bits per heavy atom. The number of carbonyl (C=O) groups excluding carboxylic acids is 2. The number of likely N-dealkylation sites (N-methyl/N-ethyl adjacent to an activating group) is 1. The van der Waals surface area contributed by atoms with Gasteiger partial charge in [0.2, 0.25) is 0 Å². The number of amides is 3. The van der Waals surface area contributed by atoms with Gasteiger partial charge in [-0.05, 0) is 41.5 Å². The molecule has 25 heavy (non-hydrogen) atoms. The van der Waals surface area contributed by atoms with Gasteiger partial charge in [-0.3, -0.25) is 15.0 Å². The molecule has 1 saturated heterocycles. The summed E-state index contributed by atoms with van der Waals surface area (Å²) in [4.78, 5) is 25.4. The second-order valence-corrected chi connectivity index (χ2v) is 6.26. The number of hydrogen-bond acceptors (Lipinski definition) is 3. The molecule has 2 aromatic carbocycles. The van der Waals surface area contributed by atoms with E-state index in [1.807, 2.05) is 6.07 Å². The van der Waals surface area contributed by atoms with Crippen LogP contribution < -0.4 is 5.32 Å². The topological polar surface area (TPSA) is 73.2 Å². The van der Waals surface area contributed by atoms with Gasteiger partial charge >= 0.3 is 6.03 Å². The molecule has 0 atom stereocenters. The molecule has 7 heteroatoms. The molecule has 1 N–H and O–H groups in total. The van der Waals surface area contributed by atoms with Gasteiger partial charge in [0, 0.05) is 22.7 Å². The van der Waals surface area contributed by atoms with E-state index >= 15 is 0 Å². The Labute approximate surface area is 154 Å². The maximum atomic E-state index is 12.3. The van der Waals surface area contributed by atoms with Gasteiger partial charge in [0.25, 0.3) is 5.91 Å². The van der Waals surface area contributed by atoms with Crippen LogP contribution in [0.4, 0.5) is 4.79 Å². The molecule has 1 aliphatic heterocycles. The van der Waals surface area contributed by atoms with Crippen LogP contribution >= 0.6 is 23.2 Å². The molecule has 0 spiro atoms. The minimum atomic E-state index is -0.515. The van der Waals surface area contributed by atoms with E-state index in [1.165, 1.54) is 11.9 Å². The fourth-order valence-electron chi connectivity index (χ4n) is 2.62. The van der Waals surface area contributed by atoms with Gasteiger partial charge < -0.3 is 0 Å². The Morgan fingerprint density at radius 2 is 1.64 bits per heavy atom. The number of nitriles is 1. The predicted molar refractivity (Wildman–Crippen MR) is 94.9 cm³/mol. The van der Waals surface area contributed by atoms with Crippen molar-refractivity contribution in [2.24, 2.45) is 0 Å². The van der Waals surface area contributed by atoms with Crippen LogP contribution in [0.15, 0.2) is 48.2 Å². The van der Waals surface area contributed by atoms with Gasteiger partial charge in [0.1, 0.15) is 5.70 Å². The van der Waals surface area contributed by atoms with Crippen molar-refractivity contribution in [3.63, 3.8) is 0 Å². The third kappa shape index (κ3) is 3.22. The van der Waals surface area contributed by atoms with Crippen LogP contribution in [0.1, 0.15) is 16.7 Å². The Balaban J connectivity index is 2.30. The molecule has 0 bridgehead atoms. The van der Waals surface area contributed by atoms with E-state index in [0.717, 1.165) is 0 Å². The molecular weight excluding hydrogens is 361 g/mol. The highest BCUT2D eigenvalue weighted by molar-refractivity contribution is 6.35. The van der Waals surface area contributed by atoms with Crippen molar-refractivity contribution in [2.45, 2.75) is 0 Å². The molecular formula is C18H11Cl2N3O2. The first-order valence-electron chi connectivity index (χ1n) is 7.21. The van der Waals surface area contributed by atoms with Crippen molar-refractivity contribution in [3.8, 4) is 6.07 Å². The molecule has 124 valence electrons. The van der Waals surface area contributed by atoms with Gasteiger partial charge in [0.05, 0.1) is 11.6 Å². The molecule has 0 aromatic heterocycles. The average molecular weight is 372 g/mol. The first kappa shape index (κ1) is 17.0. The van der Waals surface area contributed by atoms with Crippen LogP contribution in [0.25, 0.3) is 5.57 Å². The minimum Gasteiger partial charge on any atom is -0.292 e. The number of hydrogen-bond donors (Lipinski definition) is 1. The highest BCUT2D eigenvalue weighted by Crippen LogP contribution is 2.33. The number of benzene rings is 2. The van der Waals surface area contributed by atoms with Crippen molar-refractivity contribution in [1.29, 1.82) is 5.26 Å². The normalized spacial score (nSPS) is 15.8. The number of imide groups is 1. The highest BCUT2D eigenvalue weighted by atomic mass is 35.5. The summed E-state index contributed by atoms with van der Waals surface area (Å²) >= 11 is 12.2. The maximum absolute atomic E-state index is 12.3. The third-order valence-electron chi connectivity index (χ3n) is 3.77. The number of nitrogens with zero attached hydrogens (tertiary/aromatic N) is 2. The van der Waals surface area contributed by atoms with E-state index in [2.05, 4.69) is 5.32 Å². The Bertz CT molecular complexity index is 939. The van der Waals surface area contributed by atoms with Crippen LogP contribution in [-0.2, 0) is 4.79 Å².